The lowest BCUT2D eigenvalue weighted by atomic mass is 10.1. The Morgan fingerprint density at radius 1 is 1.25 bits per heavy atom. The Bertz CT molecular complexity index is 190. The third kappa shape index (κ3) is 1.75. The smallest absolute Gasteiger partial charge is 0.139 e. The van der Waals surface area contributed by atoms with Crippen LogP contribution in [0.4, 0.5) is 0 Å². The molecule has 1 fully saturated rings. The van der Waals surface area contributed by atoms with Crippen LogP contribution in [-0.2, 0) is 0 Å². The van der Waals surface area contributed by atoms with E-state index in [1.54, 1.807) is 6.21 Å². The molecule has 0 aromatic rings. The SMILES string of the molecule is [C]1N=CC=CC1N1CCCCC1. The average molecular weight is 162 g/mol. The summed E-state index contributed by atoms with van der Waals surface area (Å²) < 4.78 is 0. The van der Waals surface area contributed by atoms with E-state index in [1.807, 2.05) is 6.08 Å². The fourth-order valence-electron chi connectivity index (χ4n) is 1.76. The molecule has 0 aromatic carbocycles. The molecular formula is C10H14N2. The number of dihydropyridines is 1. The van der Waals surface area contributed by atoms with Crippen LogP contribution in [0, 0.1) is 6.54 Å². The van der Waals surface area contributed by atoms with E-state index in [0.29, 0.717) is 6.04 Å². The van der Waals surface area contributed by atoms with Crippen LogP contribution in [0.2, 0.25) is 0 Å². The molecule has 2 radical (unpaired) electrons. The molecule has 2 rings (SSSR count). The first-order chi connectivity index (χ1) is 5.97. The minimum Gasteiger partial charge on any atom is -0.294 e. The zero-order chi connectivity index (χ0) is 8.23. The maximum Gasteiger partial charge on any atom is 0.139 e. The van der Waals surface area contributed by atoms with E-state index < -0.39 is 0 Å². The van der Waals surface area contributed by atoms with Crippen molar-refractivity contribution >= 4 is 6.21 Å². The number of likely N-dealkylation sites (tertiary alicyclic amines) is 1. The predicted octanol–water partition coefficient (Wildman–Crippen LogP) is 1.52. The summed E-state index contributed by atoms with van der Waals surface area (Å²) in [6.45, 7) is 5.51. The zero-order valence-electron chi connectivity index (χ0n) is 7.24. The summed E-state index contributed by atoms with van der Waals surface area (Å²) in [7, 11) is 0. The molecule has 2 heterocycles. The van der Waals surface area contributed by atoms with Gasteiger partial charge in [0.15, 0.2) is 0 Å². The van der Waals surface area contributed by atoms with Crippen molar-refractivity contribution in [3.8, 4) is 0 Å². The Balaban J connectivity index is 1.90. The lowest BCUT2D eigenvalue weighted by Gasteiger charge is -2.31. The van der Waals surface area contributed by atoms with Gasteiger partial charge in [0.2, 0.25) is 0 Å². The molecule has 0 bridgehead atoms. The topological polar surface area (TPSA) is 15.6 Å². The Kier molecular flexibility index (Phi) is 2.57. The highest BCUT2D eigenvalue weighted by molar-refractivity contribution is 5.73. The summed E-state index contributed by atoms with van der Waals surface area (Å²) >= 11 is 0. The molecule has 1 unspecified atom stereocenters. The van der Waals surface area contributed by atoms with Crippen LogP contribution in [0.1, 0.15) is 19.3 Å². The van der Waals surface area contributed by atoms with Crippen LogP contribution >= 0.6 is 0 Å². The Hall–Kier alpha value is -0.630. The standard InChI is InChI=1S/C10H14N2/c1-2-7-12(8-3-1)10-5-4-6-11-9-10/h4-6,10H,1-3,7-8H2. The van der Waals surface area contributed by atoms with Gasteiger partial charge in [-0.1, -0.05) is 12.5 Å². The predicted molar refractivity (Wildman–Crippen MR) is 50.1 cm³/mol. The molecule has 64 valence electrons. The molecule has 0 aromatic heterocycles. The maximum absolute atomic E-state index is 4.03. The molecule has 12 heavy (non-hydrogen) atoms. The van der Waals surface area contributed by atoms with Crippen molar-refractivity contribution in [3.05, 3.63) is 18.7 Å². The van der Waals surface area contributed by atoms with Crippen LogP contribution in [0.25, 0.3) is 0 Å². The van der Waals surface area contributed by atoms with Crippen LogP contribution in [0.3, 0.4) is 0 Å². The number of aliphatic imine (C=N–C) groups is 1. The number of rotatable bonds is 1. The molecule has 1 atom stereocenters. The van der Waals surface area contributed by atoms with Gasteiger partial charge in [-0.25, -0.2) is 0 Å². The van der Waals surface area contributed by atoms with Gasteiger partial charge < -0.3 is 0 Å². The summed E-state index contributed by atoms with van der Waals surface area (Å²) in [5.41, 5.74) is 0. The fraction of sp³-hybridized carbons (Fsp3) is 0.600. The maximum atomic E-state index is 4.03. The summed E-state index contributed by atoms with van der Waals surface area (Å²) in [5.74, 6) is 0. The van der Waals surface area contributed by atoms with Crippen molar-refractivity contribution in [2.75, 3.05) is 13.1 Å². The van der Waals surface area contributed by atoms with Crippen LogP contribution in [0.15, 0.2) is 17.1 Å². The highest BCUT2D eigenvalue weighted by atomic mass is 15.2. The van der Waals surface area contributed by atoms with Gasteiger partial charge in [-0.3, -0.25) is 9.89 Å². The third-order valence-corrected chi connectivity index (χ3v) is 2.44. The Morgan fingerprint density at radius 3 is 2.75 bits per heavy atom. The highest BCUT2D eigenvalue weighted by Gasteiger charge is 2.19. The molecule has 2 nitrogen and oxygen atoms in total. The Morgan fingerprint density at radius 2 is 2.08 bits per heavy atom. The third-order valence-electron chi connectivity index (χ3n) is 2.44. The second-order valence-corrected chi connectivity index (χ2v) is 3.33. The van der Waals surface area contributed by atoms with E-state index in [2.05, 4.69) is 22.5 Å². The van der Waals surface area contributed by atoms with Gasteiger partial charge in [-0.05, 0) is 32.0 Å². The van der Waals surface area contributed by atoms with Crippen molar-refractivity contribution in [1.82, 2.24) is 4.90 Å². The normalized spacial score (nSPS) is 30.8. The van der Waals surface area contributed by atoms with Crippen molar-refractivity contribution in [1.29, 1.82) is 0 Å². The van der Waals surface area contributed by atoms with Gasteiger partial charge in [0.05, 0.1) is 6.04 Å². The van der Waals surface area contributed by atoms with E-state index in [9.17, 15) is 0 Å². The minimum atomic E-state index is 0.343. The zero-order valence-corrected chi connectivity index (χ0v) is 7.24. The van der Waals surface area contributed by atoms with Gasteiger partial charge >= 0.3 is 0 Å². The molecule has 0 aliphatic carbocycles. The van der Waals surface area contributed by atoms with E-state index in [0.717, 1.165) is 0 Å². The number of nitrogens with zero attached hydrogens (tertiary/aromatic N) is 2. The van der Waals surface area contributed by atoms with E-state index in [1.165, 1.54) is 32.4 Å². The second-order valence-electron chi connectivity index (χ2n) is 3.33. The minimum absolute atomic E-state index is 0.343. The molecule has 2 aliphatic rings. The largest absolute Gasteiger partial charge is 0.294 e. The van der Waals surface area contributed by atoms with Gasteiger partial charge in [0, 0.05) is 6.21 Å². The van der Waals surface area contributed by atoms with Crippen molar-refractivity contribution in [2.45, 2.75) is 25.3 Å². The van der Waals surface area contributed by atoms with E-state index in [-0.39, 0.29) is 0 Å². The lowest BCUT2D eigenvalue weighted by molar-refractivity contribution is 0.206. The number of hydrogen-bond donors (Lipinski definition) is 0. The second kappa shape index (κ2) is 3.85. The van der Waals surface area contributed by atoms with Crippen LogP contribution in [-0.4, -0.2) is 30.2 Å². The first kappa shape index (κ1) is 7.99. The van der Waals surface area contributed by atoms with Gasteiger partial charge in [-0.15, -0.1) is 0 Å². The van der Waals surface area contributed by atoms with Gasteiger partial charge in [0.25, 0.3) is 0 Å². The average Bonchev–Trinajstić information content (AvgIpc) is 2.21. The van der Waals surface area contributed by atoms with E-state index in [4.69, 9.17) is 0 Å². The summed E-state index contributed by atoms with van der Waals surface area (Å²) in [6.07, 6.45) is 10.0. The summed E-state index contributed by atoms with van der Waals surface area (Å²) in [5, 5.41) is 0. The monoisotopic (exact) mass is 162 g/mol. The molecule has 2 aliphatic heterocycles. The highest BCUT2D eigenvalue weighted by Crippen LogP contribution is 2.15. The van der Waals surface area contributed by atoms with E-state index >= 15 is 0 Å². The number of hydrogen-bond acceptors (Lipinski definition) is 2. The van der Waals surface area contributed by atoms with Crippen LogP contribution < -0.4 is 0 Å². The van der Waals surface area contributed by atoms with Gasteiger partial charge in [0.1, 0.15) is 6.54 Å². The first-order valence-corrected chi connectivity index (χ1v) is 4.66. The fourth-order valence-corrected chi connectivity index (χ4v) is 1.76. The molecular weight excluding hydrogens is 148 g/mol. The molecule has 1 saturated heterocycles. The molecule has 2 heteroatoms. The lowest BCUT2D eigenvalue weighted by Crippen LogP contribution is -2.38. The quantitative estimate of drug-likeness (QED) is 0.570. The molecule has 0 N–H and O–H groups in total. The first-order valence-electron chi connectivity index (χ1n) is 4.66. The Labute approximate surface area is 74.0 Å². The van der Waals surface area contributed by atoms with Crippen molar-refractivity contribution in [2.24, 2.45) is 4.99 Å². The summed E-state index contributed by atoms with van der Waals surface area (Å²) in [4.78, 5) is 6.47. The summed E-state index contributed by atoms with van der Waals surface area (Å²) in [6, 6.07) is 0.343. The number of allylic oxidation sites excluding steroid dienone is 1. The van der Waals surface area contributed by atoms with Crippen molar-refractivity contribution in [3.63, 3.8) is 0 Å². The van der Waals surface area contributed by atoms with Gasteiger partial charge in [-0.2, -0.15) is 0 Å². The van der Waals surface area contributed by atoms with Crippen LogP contribution in [0.5, 0.6) is 0 Å². The van der Waals surface area contributed by atoms with Crippen molar-refractivity contribution < 1.29 is 0 Å². The molecule has 0 spiro atoms. The molecule has 0 saturated carbocycles. The number of piperidine rings is 1. The molecule has 0 amide bonds.